The minimum atomic E-state index is -3.03. The van der Waals surface area contributed by atoms with Crippen molar-refractivity contribution in [1.82, 2.24) is 5.32 Å². The maximum atomic E-state index is 12.6. The first-order chi connectivity index (χ1) is 12.8. The molecule has 0 radical (unpaired) electrons. The van der Waals surface area contributed by atoms with Gasteiger partial charge < -0.3 is 20.1 Å². The van der Waals surface area contributed by atoms with Gasteiger partial charge in [0.2, 0.25) is 5.91 Å². The van der Waals surface area contributed by atoms with Crippen molar-refractivity contribution < 1.29 is 27.8 Å². The van der Waals surface area contributed by atoms with Gasteiger partial charge in [-0.15, -0.1) is 11.3 Å². The minimum Gasteiger partial charge on any atom is -0.493 e. The third-order valence-electron chi connectivity index (χ3n) is 3.63. The maximum absolute atomic E-state index is 12.6. The van der Waals surface area contributed by atoms with E-state index in [0.717, 1.165) is 0 Å². The van der Waals surface area contributed by atoms with Crippen molar-refractivity contribution in [3.63, 3.8) is 0 Å². The lowest BCUT2D eigenvalue weighted by molar-refractivity contribution is -0.118. The predicted octanol–water partition coefficient (Wildman–Crippen LogP) is 3.75. The number of halogens is 2. The van der Waals surface area contributed by atoms with Gasteiger partial charge in [-0.3, -0.25) is 9.59 Å². The van der Waals surface area contributed by atoms with E-state index in [4.69, 9.17) is 4.74 Å². The fourth-order valence-electron chi connectivity index (χ4n) is 2.32. The number of alkyl halides is 2. The molecule has 1 heterocycles. The summed E-state index contributed by atoms with van der Waals surface area (Å²) in [6.07, 6.45) is 0. The lowest BCUT2D eigenvalue weighted by Gasteiger charge is -2.21. The lowest BCUT2D eigenvalue weighted by Crippen LogP contribution is -2.46. The highest BCUT2D eigenvalue weighted by Crippen LogP contribution is 2.31. The van der Waals surface area contributed by atoms with Gasteiger partial charge in [0.15, 0.2) is 11.5 Å². The fourth-order valence-corrected chi connectivity index (χ4v) is 2.94. The first-order valence-electron chi connectivity index (χ1n) is 8.10. The molecule has 0 aliphatic rings. The van der Waals surface area contributed by atoms with Crippen LogP contribution in [0.4, 0.5) is 14.5 Å². The van der Waals surface area contributed by atoms with Crippen molar-refractivity contribution >= 4 is 28.8 Å². The molecule has 0 bridgehead atoms. The second-order valence-electron chi connectivity index (χ2n) is 5.91. The maximum Gasteiger partial charge on any atom is 0.387 e. The average molecular weight is 398 g/mol. The van der Waals surface area contributed by atoms with Crippen molar-refractivity contribution in [1.29, 1.82) is 0 Å². The molecule has 2 amide bonds. The number of carbonyl (C=O) groups excluding carboxylic acids is 2. The fraction of sp³-hybridized carbons (Fsp3) is 0.333. The van der Waals surface area contributed by atoms with Crippen LogP contribution in [0, 0.1) is 5.92 Å². The number of thiophene rings is 1. The van der Waals surface area contributed by atoms with Gasteiger partial charge in [-0.1, -0.05) is 19.9 Å². The molecule has 0 aliphatic heterocycles. The zero-order chi connectivity index (χ0) is 20.0. The van der Waals surface area contributed by atoms with E-state index >= 15 is 0 Å². The molecular weight excluding hydrogens is 378 g/mol. The SMILES string of the molecule is COc1ccc(NC(=O)C(NC(=O)c2cccs2)C(C)C)cc1OC(F)F. The quantitative estimate of drug-likeness (QED) is 0.710. The van der Waals surface area contributed by atoms with Gasteiger partial charge in [0.05, 0.1) is 12.0 Å². The number of hydrogen-bond donors (Lipinski definition) is 2. The molecule has 27 heavy (non-hydrogen) atoms. The Bertz CT molecular complexity index is 782. The smallest absolute Gasteiger partial charge is 0.387 e. The van der Waals surface area contributed by atoms with Crippen LogP contribution in [0.15, 0.2) is 35.7 Å². The molecule has 146 valence electrons. The van der Waals surface area contributed by atoms with Gasteiger partial charge in [0.1, 0.15) is 6.04 Å². The number of benzene rings is 1. The molecule has 0 saturated carbocycles. The van der Waals surface area contributed by atoms with Crippen LogP contribution in [0.2, 0.25) is 0 Å². The van der Waals surface area contributed by atoms with Crippen LogP contribution in [-0.2, 0) is 4.79 Å². The molecular formula is C18H20F2N2O4S. The Morgan fingerprint density at radius 3 is 2.44 bits per heavy atom. The van der Waals surface area contributed by atoms with Crippen LogP contribution in [0.5, 0.6) is 11.5 Å². The largest absolute Gasteiger partial charge is 0.493 e. The summed E-state index contributed by atoms with van der Waals surface area (Å²) in [6, 6.07) is 6.73. The summed E-state index contributed by atoms with van der Waals surface area (Å²) in [6.45, 7) is 0.551. The van der Waals surface area contributed by atoms with E-state index in [2.05, 4.69) is 15.4 Å². The molecule has 0 fully saturated rings. The van der Waals surface area contributed by atoms with Crippen LogP contribution in [-0.4, -0.2) is 31.6 Å². The van der Waals surface area contributed by atoms with Crippen LogP contribution in [0.25, 0.3) is 0 Å². The standard InChI is InChI=1S/C18H20F2N2O4S/c1-10(2)15(22-16(23)14-5-4-8-27-14)17(24)21-11-6-7-12(25-3)13(9-11)26-18(19)20/h4-10,15,18H,1-3H3,(H,21,24)(H,22,23). The molecule has 2 N–H and O–H groups in total. The monoisotopic (exact) mass is 398 g/mol. The molecule has 1 aromatic heterocycles. The van der Waals surface area contributed by atoms with Crippen molar-refractivity contribution in [2.75, 3.05) is 12.4 Å². The zero-order valence-electron chi connectivity index (χ0n) is 15.0. The number of methoxy groups -OCH3 is 1. The molecule has 1 atom stereocenters. The molecule has 0 saturated heterocycles. The zero-order valence-corrected chi connectivity index (χ0v) is 15.8. The Labute approximate surface area is 159 Å². The number of carbonyl (C=O) groups is 2. The van der Waals surface area contributed by atoms with Crippen molar-refractivity contribution in [3.8, 4) is 11.5 Å². The van der Waals surface area contributed by atoms with Crippen LogP contribution in [0.1, 0.15) is 23.5 Å². The number of nitrogens with one attached hydrogen (secondary N) is 2. The highest BCUT2D eigenvalue weighted by molar-refractivity contribution is 7.12. The molecule has 0 spiro atoms. The van der Waals surface area contributed by atoms with E-state index in [-0.39, 0.29) is 29.0 Å². The summed E-state index contributed by atoms with van der Waals surface area (Å²) < 4.78 is 34.4. The molecule has 1 unspecified atom stereocenters. The van der Waals surface area contributed by atoms with Gasteiger partial charge >= 0.3 is 6.61 Å². The Hall–Kier alpha value is -2.68. The summed E-state index contributed by atoms with van der Waals surface area (Å²) in [5.41, 5.74) is 0.243. The Morgan fingerprint density at radius 2 is 1.89 bits per heavy atom. The van der Waals surface area contributed by atoms with Crippen molar-refractivity contribution in [2.45, 2.75) is 26.5 Å². The van der Waals surface area contributed by atoms with Crippen LogP contribution >= 0.6 is 11.3 Å². The van der Waals surface area contributed by atoms with E-state index in [1.165, 1.54) is 36.6 Å². The predicted molar refractivity (Wildman–Crippen MR) is 98.7 cm³/mol. The van der Waals surface area contributed by atoms with E-state index in [0.29, 0.717) is 4.88 Å². The highest BCUT2D eigenvalue weighted by atomic mass is 32.1. The summed E-state index contributed by atoms with van der Waals surface area (Å²) in [7, 11) is 1.32. The van der Waals surface area contributed by atoms with E-state index < -0.39 is 18.6 Å². The first-order valence-corrected chi connectivity index (χ1v) is 8.98. The normalized spacial score (nSPS) is 12.0. The summed E-state index contributed by atoms with van der Waals surface area (Å²) >= 11 is 1.27. The van der Waals surface area contributed by atoms with Crippen molar-refractivity contribution in [3.05, 3.63) is 40.6 Å². The second kappa shape index (κ2) is 9.31. The third kappa shape index (κ3) is 5.65. The molecule has 2 rings (SSSR count). The van der Waals surface area contributed by atoms with Gasteiger partial charge in [-0.05, 0) is 29.5 Å². The van der Waals surface area contributed by atoms with Gasteiger partial charge in [0, 0.05) is 11.8 Å². The summed E-state index contributed by atoms with van der Waals surface area (Å²) in [5, 5.41) is 7.07. The molecule has 9 heteroatoms. The Balaban J connectivity index is 2.13. The van der Waals surface area contributed by atoms with E-state index in [1.54, 1.807) is 31.4 Å². The molecule has 1 aromatic carbocycles. The number of anilines is 1. The number of amides is 2. The van der Waals surface area contributed by atoms with Gasteiger partial charge in [-0.2, -0.15) is 8.78 Å². The minimum absolute atomic E-state index is 0.111. The summed E-state index contributed by atoms with van der Waals surface area (Å²) in [5.74, 6) is -1.10. The Morgan fingerprint density at radius 1 is 1.15 bits per heavy atom. The molecule has 2 aromatic rings. The third-order valence-corrected chi connectivity index (χ3v) is 4.50. The molecule has 0 aliphatic carbocycles. The van der Waals surface area contributed by atoms with E-state index in [9.17, 15) is 18.4 Å². The first kappa shape index (κ1) is 20.6. The lowest BCUT2D eigenvalue weighted by atomic mass is 10.0. The van der Waals surface area contributed by atoms with Gasteiger partial charge in [-0.25, -0.2) is 0 Å². The van der Waals surface area contributed by atoms with Crippen molar-refractivity contribution in [2.24, 2.45) is 5.92 Å². The number of ether oxygens (including phenoxy) is 2. The van der Waals surface area contributed by atoms with Gasteiger partial charge in [0.25, 0.3) is 5.91 Å². The number of rotatable bonds is 8. The second-order valence-corrected chi connectivity index (χ2v) is 6.85. The van der Waals surface area contributed by atoms with Crippen LogP contribution in [0.3, 0.4) is 0 Å². The van der Waals surface area contributed by atoms with Crippen LogP contribution < -0.4 is 20.1 Å². The number of hydrogen-bond acceptors (Lipinski definition) is 5. The topological polar surface area (TPSA) is 76.7 Å². The average Bonchev–Trinajstić information content (AvgIpc) is 3.13. The molecule has 6 nitrogen and oxygen atoms in total. The summed E-state index contributed by atoms with van der Waals surface area (Å²) in [4.78, 5) is 25.3. The Kier molecular flexibility index (Phi) is 7.12. The highest BCUT2D eigenvalue weighted by Gasteiger charge is 2.25. The van der Waals surface area contributed by atoms with E-state index in [1.807, 2.05) is 0 Å².